The van der Waals surface area contributed by atoms with E-state index in [1.807, 2.05) is 24.3 Å². The van der Waals surface area contributed by atoms with E-state index >= 15 is 0 Å². The fourth-order valence-corrected chi connectivity index (χ4v) is 2.67. The predicted molar refractivity (Wildman–Crippen MR) is 109 cm³/mol. The molecule has 0 fully saturated rings. The number of hydrazone groups is 1. The van der Waals surface area contributed by atoms with Crippen molar-refractivity contribution in [3.05, 3.63) is 70.1 Å². The Kier molecular flexibility index (Phi) is 6.16. The lowest BCUT2D eigenvalue weighted by molar-refractivity contribution is 0.0950. The molecule has 0 atom stereocenters. The number of unbranched alkanes of at least 4 members (excludes halogenated alkanes) is 1. The summed E-state index contributed by atoms with van der Waals surface area (Å²) in [5.74, 6) is 0.318. The summed E-state index contributed by atoms with van der Waals surface area (Å²) < 4.78 is 6.76. The van der Waals surface area contributed by atoms with Crippen molar-refractivity contribution in [1.82, 2.24) is 15.2 Å². The molecule has 1 N–H and O–H groups in total. The Morgan fingerprint density at radius 3 is 2.61 bits per heavy atom. The maximum absolute atomic E-state index is 12.5. The van der Waals surface area contributed by atoms with Crippen LogP contribution in [0.15, 0.2) is 58.4 Å². The van der Waals surface area contributed by atoms with E-state index in [0.717, 1.165) is 28.8 Å². The molecule has 3 rings (SSSR count). The molecule has 7 nitrogen and oxygen atoms in total. The quantitative estimate of drug-likeness (QED) is 0.389. The molecule has 28 heavy (non-hydrogen) atoms. The molecule has 0 bridgehead atoms. The zero-order valence-electron chi connectivity index (χ0n) is 15.9. The Labute approximate surface area is 162 Å². The zero-order chi connectivity index (χ0) is 19.9. The second-order valence-electron chi connectivity index (χ2n) is 6.29. The van der Waals surface area contributed by atoms with Crippen LogP contribution in [0.5, 0.6) is 5.75 Å². The average Bonchev–Trinajstić information content (AvgIpc) is 2.72. The maximum atomic E-state index is 12.5. The van der Waals surface area contributed by atoms with E-state index in [1.165, 1.54) is 13.3 Å². The third-order valence-electron chi connectivity index (χ3n) is 4.20. The van der Waals surface area contributed by atoms with E-state index in [1.54, 1.807) is 24.3 Å². The highest BCUT2D eigenvalue weighted by Crippen LogP contribution is 2.13. The van der Waals surface area contributed by atoms with E-state index in [0.29, 0.717) is 17.4 Å². The summed E-state index contributed by atoms with van der Waals surface area (Å²) >= 11 is 0. The van der Waals surface area contributed by atoms with Crippen molar-refractivity contribution < 1.29 is 9.53 Å². The largest absolute Gasteiger partial charge is 0.494 e. The van der Waals surface area contributed by atoms with E-state index in [2.05, 4.69) is 22.5 Å². The van der Waals surface area contributed by atoms with Crippen molar-refractivity contribution in [2.45, 2.75) is 19.8 Å². The molecule has 0 aliphatic carbocycles. The number of carbonyl (C=O) groups is 1. The smallest absolute Gasteiger partial charge is 0.292 e. The normalized spacial score (nSPS) is 11.1. The molecule has 0 aliphatic heterocycles. The molecule has 0 saturated heterocycles. The van der Waals surface area contributed by atoms with Crippen LogP contribution >= 0.6 is 0 Å². The van der Waals surface area contributed by atoms with Crippen molar-refractivity contribution in [1.29, 1.82) is 0 Å². The first-order valence-corrected chi connectivity index (χ1v) is 9.12. The summed E-state index contributed by atoms with van der Waals surface area (Å²) in [6.07, 6.45) is 3.64. The Balaban J connectivity index is 1.70. The van der Waals surface area contributed by atoms with Crippen LogP contribution in [0, 0.1) is 0 Å². The molecule has 0 aliphatic rings. The van der Waals surface area contributed by atoms with Gasteiger partial charge in [-0.05, 0) is 42.3 Å². The second kappa shape index (κ2) is 8.94. The molecule has 1 aromatic heterocycles. The van der Waals surface area contributed by atoms with E-state index < -0.39 is 5.91 Å². The van der Waals surface area contributed by atoms with Gasteiger partial charge in [-0.1, -0.05) is 31.5 Å². The van der Waals surface area contributed by atoms with Gasteiger partial charge in [0, 0.05) is 12.4 Å². The fraction of sp³-hybridized carbons (Fsp3) is 0.238. The van der Waals surface area contributed by atoms with Gasteiger partial charge in [0.15, 0.2) is 5.69 Å². The minimum Gasteiger partial charge on any atom is -0.494 e. The number of aromatic nitrogens is 2. The molecule has 2 aromatic carbocycles. The van der Waals surface area contributed by atoms with Crippen molar-refractivity contribution in [2.75, 3.05) is 6.61 Å². The van der Waals surface area contributed by atoms with Gasteiger partial charge in [-0.25, -0.2) is 10.1 Å². The molecule has 0 unspecified atom stereocenters. The molecule has 0 spiro atoms. The van der Waals surface area contributed by atoms with Gasteiger partial charge in [0.1, 0.15) is 5.75 Å². The fourth-order valence-electron chi connectivity index (χ4n) is 2.67. The molecule has 1 amide bonds. The van der Waals surface area contributed by atoms with Crippen LogP contribution in [0.4, 0.5) is 0 Å². The summed E-state index contributed by atoms with van der Waals surface area (Å²) in [5.41, 5.74) is 3.18. The van der Waals surface area contributed by atoms with Gasteiger partial charge in [0.25, 0.3) is 11.5 Å². The molecule has 0 radical (unpaired) electrons. The predicted octanol–water partition coefficient (Wildman–Crippen LogP) is 2.88. The minimum atomic E-state index is -0.484. The van der Waals surface area contributed by atoms with Gasteiger partial charge in [-0.15, -0.1) is 0 Å². The molecule has 3 aromatic rings. The van der Waals surface area contributed by atoms with E-state index in [9.17, 15) is 9.59 Å². The number of hydrogen-bond donors (Lipinski definition) is 1. The van der Waals surface area contributed by atoms with Crippen molar-refractivity contribution in [3.8, 4) is 5.75 Å². The minimum absolute atomic E-state index is 0.148. The molecule has 0 saturated carbocycles. The lowest BCUT2D eigenvalue weighted by Crippen LogP contribution is -2.27. The highest BCUT2D eigenvalue weighted by molar-refractivity contribution is 6.04. The number of rotatable bonds is 7. The van der Waals surface area contributed by atoms with Gasteiger partial charge in [-0.3, -0.25) is 9.59 Å². The summed E-state index contributed by atoms with van der Waals surface area (Å²) in [6.45, 7) is 2.81. The number of hydrogen-bond acceptors (Lipinski definition) is 5. The summed E-state index contributed by atoms with van der Waals surface area (Å²) in [5, 5.41) is 8.99. The average molecular weight is 378 g/mol. The molecule has 1 heterocycles. The van der Waals surface area contributed by atoms with Crippen molar-refractivity contribution in [3.63, 3.8) is 0 Å². The number of carbonyl (C=O) groups excluding carboxylic acids is 1. The lowest BCUT2D eigenvalue weighted by atomic mass is 10.1. The first-order valence-electron chi connectivity index (χ1n) is 9.12. The molecular formula is C21H22N4O3. The summed E-state index contributed by atoms with van der Waals surface area (Å²) in [7, 11) is 1.51. The van der Waals surface area contributed by atoms with Crippen LogP contribution in [-0.2, 0) is 7.05 Å². The summed E-state index contributed by atoms with van der Waals surface area (Å²) in [4.78, 5) is 24.6. The third kappa shape index (κ3) is 4.43. The Morgan fingerprint density at radius 2 is 1.89 bits per heavy atom. The Hall–Kier alpha value is -3.48. The number of ether oxygens (including phenoxy) is 1. The number of aryl methyl sites for hydroxylation is 1. The third-order valence-corrected chi connectivity index (χ3v) is 4.20. The molecule has 7 heteroatoms. The second-order valence-corrected chi connectivity index (χ2v) is 6.29. The van der Waals surface area contributed by atoms with Crippen LogP contribution in [0.2, 0.25) is 0 Å². The number of amides is 1. The van der Waals surface area contributed by atoms with Crippen LogP contribution in [0.1, 0.15) is 35.8 Å². The Bertz CT molecular complexity index is 1060. The molecule has 144 valence electrons. The SMILES string of the molecule is CCCCOc1ccc(/C=N/NC(=O)c2nn(C)c(=O)c3ccccc23)cc1. The van der Waals surface area contributed by atoms with Crippen LogP contribution < -0.4 is 15.7 Å². The van der Waals surface area contributed by atoms with Crippen molar-refractivity contribution >= 4 is 22.9 Å². The number of nitrogens with zero attached hydrogens (tertiary/aromatic N) is 3. The first-order chi connectivity index (χ1) is 13.6. The maximum Gasteiger partial charge on any atom is 0.292 e. The van der Waals surface area contributed by atoms with E-state index in [4.69, 9.17) is 4.74 Å². The number of benzene rings is 2. The number of nitrogens with one attached hydrogen (secondary N) is 1. The topological polar surface area (TPSA) is 85.6 Å². The monoisotopic (exact) mass is 378 g/mol. The van der Waals surface area contributed by atoms with Gasteiger partial charge < -0.3 is 4.74 Å². The molecular weight excluding hydrogens is 356 g/mol. The first kappa shape index (κ1) is 19.3. The highest BCUT2D eigenvalue weighted by Gasteiger charge is 2.14. The standard InChI is InChI=1S/C21H22N4O3/c1-3-4-13-28-16-11-9-15(10-12-16)14-22-23-20(26)19-17-7-5-6-8-18(17)21(27)25(2)24-19/h5-12,14H,3-4,13H2,1-2H3,(H,23,26)/b22-14+. The van der Waals surface area contributed by atoms with Gasteiger partial charge >= 0.3 is 0 Å². The van der Waals surface area contributed by atoms with Gasteiger partial charge in [-0.2, -0.15) is 10.2 Å². The van der Waals surface area contributed by atoms with Gasteiger partial charge in [0.05, 0.1) is 18.2 Å². The van der Waals surface area contributed by atoms with Crippen LogP contribution in [-0.4, -0.2) is 28.5 Å². The van der Waals surface area contributed by atoms with Crippen molar-refractivity contribution in [2.24, 2.45) is 12.1 Å². The van der Waals surface area contributed by atoms with Gasteiger partial charge in [0.2, 0.25) is 0 Å². The van der Waals surface area contributed by atoms with Crippen LogP contribution in [0.25, 0.3) is 10.8 Å². The highest BCUT2D eigenvalue weighted by atomic mass is 16.5. The summed E-state index contributed by atoms with van der Waals surface area (Å²) in [6, 6.07) is 14.3. The van der Waals surface area contributed by atoms with Crippen LogP contribution in [0.3, 0.4) is 0 Å². The lowest BCUT2D eigenvalue weighted by Gasteiger charge is -2.06. The van der Waals surface area contributed by atoms with E-state index in [-0.39, 0.29) is 11.3 Å². The Morgan fingerprint density at radius 1 is 1.18 bits per heavy atom. The number of fused-ring (bicyclic) bond motifs is 1. The zero-order valence-corrected chi connectivity index (χ0v) is 15.9.